The maximum absolute atomic E-state index is 13.5. The molecule has 0 aliphatic carbocycles. The van der Waals surface area contributed by atoms with Crippen LogP contribution in [0.25, 0.3) is 0 Å². The lowest BCUT2D eigenvalue weighted by Crippen LogP contribution is -2.53. The number of esters is 1. The average molecular weight is 411 g/mol. The van der Waals surface area contributed by atoms with Gasteiger partial charge in [0.1, 0.15) is 17.9 Å². The molecule has 30 heavy (non-hydrogen) atoms. The Bertz CT molecular complexity index is 971. The average Bonchev–Trinajstić information content (AvgIpc) is 2.72. The lowest BCUT2D eigenvalue weighted by Gasteiger charge is -2.22. The normalized spacial score (nSPS) is 12.2. The Hall–Kier alpha value is -3.73. The van der Waals surface area contributed by atoms with E-state index in [0.29, 0.717) is 16.7 Å². The van der Waals surface area contributed by atoms with Crippen LogP contribution in [-0.4, -0.2) is 37.0 Å². The van der Waals surface area contributed by atoms with Crippen LogP contribution in [0.3, 0.4) is 0 Å². The van der Waals surface area contributed by atoms with Gasteiger partial charge < -0.3 is 15.4 Å². The molecular weight excluding hydrogens is 389 g/mol. The molecule has 2 N–H and O–H groups in total. The third kappa shape index (κ3) is 6.71. The van der Waals surface area contributed by atoms with Gasteiger partial charge >= 0.3 is 5.97 Å². The molecule has 2 atom stereocenters. The van der Waals surface area contributed by atoms with E-state index in [0.717, 1.165) is 0 Å². The van der Waals surface area contributed by atoms with E-state index in [4.69, 9.17) is 10.00 Å². The van der Waals surface area contributed by atoms with Gasteiger partial charge in [-0.25, -0.2) is 9.18 Å². The monoisotopic (exact) mass is 411 g/mol. The Morgan fingerprint density at radius 2 is 1.67 bits per heavy atom. The van der Waals surface area contributed by atoms with Crippen LogP contribution in [0.5, 0.6) is 0 Å². The van der Waals surface area contributed by atoms with E-state index in [2.05, 4.69) is 10.6 Å². The maximum atomic E-state index is 13.5. The fourth-order valence-electron chi connectivity index (χ4n) is 2.97. The highest BCUT2D eigenvalue weighted by Gasteiger charge is 2.27. The number of benzene rings is 2. The molecule has 0 aliphatic rings. The van der Waals surface area contributed by atoms with Crippen LogP contribution in [0.4, 0.5) is 4.39 Å². The predicted molar refractivity (Wildman–Crippen MR) is 107 cm³/mol. The Balaban J connectivity index is 2.19. The van der Waals surface area contributed by atoms with Gasteiger partial charge in [-0.15, -0.1) is 0 Å². The van der Waals surface area contributed by atoms with Gasteiger partial charge in [-0.05, 0) is 35.4 Å². The number of carbonyl (C=O) groups excluding carboxylic acids is 3. The van der Waals surface area contributed by atoms with Gasteiger partial charge in [0.2, 0.25) is 11.8 Å². The second-order valence-electron chi connectivity index (χ2n) is 6.69. The van der Waals surface area contributed by atoms with Gasteiger partial charge in [0.25, 0.3) is 0 Å². The number of amides is 2. The molecule has 0 unspecified atom stereocenters. The van der Waals surface area contributed by atoms with Crippen LogP contribution in [0.15, 0.2) is 48.5 Å². The molecule has 2 aromatic carbocycles. The minimum Gasteiger partial charge on any atom is -0.467 e. The van der Waals surface area contributed by atoms with Gasteiger partial charge in [0.05, 0.1) is 18.7 Å². The lowest BCUT2D eigenvalue weighted by atomic mass is 10.0. The van der Waals surface area contributed by atoms with Crippen molar-refractivity contribution in [2.45, 2.75) is 31.8 Å². The Kier molecular flexibility index (Phi) is 8.06. The molecule has 0 fully saturated rings. The van der Waals surface area contributed by atoms with E-state index in [1.165, 1.54) is 32.2 Å². The summed E-state index contributed by atoms with van der Waals surface area (Å²) >= 11 is 0. The quantitative estimate of drug-likeness (QED) is 0.642. The number of methoxy groups -OCH3 is 1. The molecule has 7 nitrogen and oxygen atoms in total. The highest BCUT2D eigenvalue weighted by molar-refractivity contribution is 5.90. The van der Waals surface area contributed by atoms with E-state index < -0.39 is 35.7 Å². The number of hydrogen-bond acceptors (Lipinski definition) is 5. The molecule has 0 spiro atoms. The number of rotatable bonds is 8. The molecule has 0 radical (unpaired) electrons. The zero-order valence-corrected chi connectivity index (χ0v) is 16.6. The first-order chi connectivity index (χ1) is 14.3. The highest BCUT2D eigenvalue weighted by Crippen LogP contribution is 2.10. The van der Waals surface area contributed by atoms with Gasteiger partial charge in [-0.3, -0.25) is 9.59 Å². The minimum atomic E-state index is -1.03. The predicted octanol–water partition coefficient (Wildman–Crippen LogP) is 1.65. The number of halogens is 1. The number of nitrogens with one attached hydrogen (secondary N) is 2. The first-order valence-corrected chi connectivity index (χ1v) is 9.21. The molecule has 2 amide bonds. The van der Waals surface area contributed by atoms with Gasteiger partial charge in [-0.2, -0.15) is 5.26 Å². The minimum absolute atomic E-state index is 0.0426. The third-order valence-corrected chi connectivity index (χ3v) is 4.32. The molecule has 0 aromatic heterocycles. The highest BCUT2D eigenvalue weighted by atomic mass is 19.1. The van der Waals surface area contributed by atoms with Crippen LogP contribution in [0.1, 0.15) is 23.6 Å². The molecule has 0 bridgehead atoms. The Labute approximate surface area is 173 Å². The molecule has 0 saturated carbocycles. The van der Waals surface area contributed by atoms with Gasteiger partial charge in [0, 0.05) is 19.8 Å². The largest absolute Gasteiger partial charge is 0.467 e. The van der Waals surface area contributed by atoms with Crippen LogP contribution in [0, 0.1) is 17.1 Å². The van der Waals surface area contributed by atoms with Crippen molar-refractivity contribution in [3.63, 3.8) is 0 Å². The maximum Gasteiger partial charge on any atom is 0.328 e. The summed E-state index contributed by atoms with van der Waals surface area (Å²) in [6, 6.07) is 12.3. The van der Waals surface area contributed by atoms with E-state index >= 15 is 0 Å². The molecule has 2 aromatic rings. The summed E-state index contributed by atoms with van der Waals surface area (Å²) in [5.74, 6) is -2.18. The van der Waals surface area contributed by atoms with Crippen molar-refractivity contribution in [3.8, 4) is 6.07 Å². The number of nitriles is 1. The zero-order valence-electron chi connectivity index (χ0n) is 16.6. The molecule has 156 valence electrons. The van der Waals surface area contributed by atoms with Crippen molar-refractivity contribution in [1.82, 2.24) is 10.6 Å². The fraction of sp³-hybridized carbons (Fsp3) is 0.273. The smallest absolute Gasteiger partial charge is 0.328 e. The summed E-state index contributed by atoms with van der Waals surface area (Å²) in [7, 11) is 1.20. The molecule has 0 heterocycles. The Morgan fingerprint density at radius 3 is 2.27 bits per heavy atom. The second-order valence-corrected chi connectivity index (χ2v) is 6.69. The van der Waals surface area contributed by atoms with Crippen molar-refractivity contribution >= 4 is 17.8 Å². The van der Waals surface area contributed by atoms with E-state index in [1.54, 1.807) is 30.3 Å². The summed E-state index contributed by atoms with van der Waals surface area (Å²) < 4.78 is 18.3. The number of ether oxygens (including phenoxy) is 1. The summed E-state index contributed by atoms with van der Waals surface area (Å²) in [5.41, 5.74) is 1.59. The SMILES string of the molecule is COC(=O)[C@H](Cc1cccc(C#N)c1)NC(=O)[C@H](Cc1cccc(F)c1)NC(C)=O. The second kappa shape index (κ2) is 10.7. The van der Waals surface area contributed by atoms with Crippen molar-refractivity contribution in [1.29, 1.82) is 5.26 Å². The molecule has 0 saturated heterocycles. The van der Waals surface area contributed by atoms with Crippen LogP contribution in [-0.2, 0) is 32.0 Å². The summed E-state index contributed by atoms with van der Waals surface area (Å²) in [4.78, 5) is 36.6. The third-order valence-electron chi connectivity index (χ3n) is 4.32. The van der Waals surface area contributed by atoms with Crippen molar-refractivity contribution in [3.05, 3.63) is 71.0 Å². The lowest BCUT2D eigenvalue weighted by molar-refractivity contribution is -0.145. The molecule has 2 rings (SSSR count). The number of hydrogen-bond donors (Lipinski definition) is 2. The van der Waals surface area contributed by atoms with E-state index in [-0.39, 0.29) is 12.8 Å². The van der Waals surface area contributed by atoms with E-state index in [9.17, 15) is 18.8 Å². The summed E-state index contributed by atoms with van der Waals surface area (Å²) in [5, 5.41) is 14.1. The molecule has 8 heteroatoms. The van der Waals surface area contributed by atoms with Crippen molar-refractivity contribution in [2.75, 3.05) is 7.11 Å². The standard InChI is InChI=1S/C22H22FN3O4/c1-14(27)25-19(11-16-6-4-8-18(23)10-16)21(28)26-20(22(29)30-2)12-15-5-3-7-17(9-15)13-24/h3-10,19-20H,11-12H2,1-2H3,(H,25,27)(H,26,28)/t19-,20-/m0/s1. The first-order valence-electron chi connectivity index (χ1n) is 9.21. The first kappa shape index (κ1) is 22.6. The zero-order chi connectivity index (χ0) is 22.1. The van der Waals surface area contributed by atoms with Crippen molar-refractivity contribution < 1.29 is 23.5 Å². The number of nitrogens with zero attached hydrogens (tertiary/aromatic N) is 1. The van der Waals surface area contributed by atoms with Crippen molar-refractivity contribution in [2.24, 2.45) is 0 Å². The van der Waals surface area contributed by atoms with E-state index in [1.807, 2.05) is 6.07 Å². The fourth-order valence-corrected chi connectivity index (χ4v) is 2.97. The van der Waals surface area contributed by atoms with Gasteiger partial charge in [0.15, 0.2) is 0 Å². The van der Waals surface area contributed by atoms with Crippen LogP contribution in [0.2, 0.25) is 0 Å². The topological polar surface area (TPSA) is 108 Å². The van der Waals surface area contributed by atoms with Crippen LogP contribution < -0.4 is 10.6 Å². The van der Waals surface area contributed by atoms with Gasteiger partial charge in [-0.1, -0.05) is 24.3 Å². The van der Waals surface area contributed by atoms with Crippen LogP contribution >= 0.6 is 0 Å². The summed E-state index contributed by atoms with van der Waals surface area (Å²) in [6.45, 7) is 1.26. The summed E-state index contributed by atoms with van der Waals surface area (Å²) in [6.07, 6.45) is 0.141. The number of carbonyl (C=O) groups is 3. The molecular formula is C22H22FN3O4. The Morgan fingerprint density at radius 1 is 1.03 bits per heavy atom. The molecule has 0 aliphatic heterocycles.